The number of likely N-dealkylation sites (tertiary alicyclic amines) is 1. The fraction of sp³-hybridized carbons (Fsp3) is 0.588. The van der Waals surface area contributed by atoms with Crippen LogP contribution in [-0.4, -0.2) is 44.7 Å². The van der Waals surface area contributed by atoms with Gasteiger partial charge in [0.05, 0.1) is 19.6 Å². The quantitative estimate of drug-likeness (QED) is 0.901. The van der Waals surface area contributed by atoms with E-state index in [1.165, 1.54) is 0 Å². The van der Waals surface area contributed by atoms with Gasteiger partial charge in [-0.3, -0.25) is 4.79 Å². The SMILES string of the molecule is COc1ccc(C(C)(C)C(=O)N2CCC(CN)C2)cc1OC. The summed E-state index contributed by atoms with van der Waals surface area (Å²) in [5.41, 5.74) is 6.03. The Balaban J connectivity index is 2.24. The van der Waals surface area contributed by atoms with Crippen molar-refractivity contribution in [2.75, 3.05) is 33.9 Å². The second-order valence-electron chi connectivity index (χ2n) is 6.34. The van der Waals surface area contributed by atoms with Gasteiger partial charge < -0.3 is 20.1 Å². The number of carbonyl (C=O) groups is 1. The normalized spacial score (nSPS) is 18.4. The number of rotatable bonds is 5. The molecule has 0 spiro atoms. The summed E-state index contributed by atoms with van der Waals surface area (Å²) < 4.78 is 10.6. The van der Waals surface area contributed by atoms with Crippen LogP contribution < -0.4 is 15.2 Å². The molecule has 1 aliphatic heterocycles. The van der Waals surface area contributed by atoms with E-state index >= 15 is 0 Å². The van der Waals surface area contributed by atoms with Crippen molar-refractivity contribution in [1.29, 1.82) is 0 Å². The van der Waals surface area contributed by atoms with Crippen molar-refractivity contribution in [1.82, 2.24) is 4.90 Å². The van der Waals surface area contributed by atoms with Crippen molar-refractivity contribution in [3.63, 3.8) is 0 Å². The van der Waals surface area contributed by atoms with Gasteiger partial charge >= 0.3 is 0 Å². The molecule has 0 saturated carbocycles. The second-order valence-corrected chi connectivity index (χ2v) is 6.34. The van der Waals surface area contributed by atoms with Gasteiger partial charge in [0, 0.05) is 13.1 Å². The molecule has 1 aliphatic rings. The molecule has 2 rings (SSSR count). The largest absolute Gasteiger partial charge is 0.493 e. The fourth-order valence-electron chi connectivity index (χ4n) is 2.95. The van der Waals surface area contributed by atoms with Gasteiger partial charge in [-0.15, -0.1) is 0 Å². The molecule has 0 aromatic heterocycles. The maximum atomic E-state index is 12.9. The first-order valence-electron chi connectivity index (χ1n) is 7.66. The Labute approximate surface area is 132 Å². The van der Waals surface area contributed by atoms with Crippen LogP contribution in [-0.2, 0) is 10.2 Å². The summed E-state index contributed by atoms with van der Waals surface area (Å²) in [4.78, 5) is 14.8. The van der Waals surface area contributed by atoms with Gasteiger partial charge in [0.1, 0.15) is 0 Å². The molecule has 1 amide bonds. The fourth-order valence-corrected chi connectivity index (χ4v) is 2.95. The maximum Gasteiger partial charge on any atom is 0.232 e. The summed E-state index contributed by atoms with van der Waals surface area (Å²) in [5.74, 6) is 1.86. The van der Waals surface area contributed by atoms with Gasteiger partial charge in [0.15, 0.2) is 11.5 Å². The average Bonchev–Trinajstić information content (AvgIpc) is 3.02. The van der Waals surface area contributed by atoms with Crippen molar-refractivity contribution in [2.45, 2.75) is 25.7 Å². The monoisotopic (exact) mass is 306 g/mol. The summed E-state index contributed by atoms with van der Waals surface area (Å²) in [7, 11) is 3.20. The van der Waals surface area contributed by atoms with Gasteiger partial charge in [0.2, 0.25) is 5.91 Å². The summed E-state index contributed by atoms with van der Waals surface area (Å²) >= 11 is 0. The highest BCUT2D eigenvalue weighted by molar-refractivity contribution is 5.87. The summed E-state index contributed by atoms with van der Waals surface area (Å²) in [6.07, 6.45) is 0.990. The standard InChI is InChI=1S/C17H26N2O3/c1-17(2,16(20)19-8-7-12(10-18)11-19)13-5-6-14(21-3)15(9-13)22-4/h5-6,9,12H,7-8,10-11,18H2,1-4H3. The third-order valence-electron chi connectivity index (χ3n) is 4.55. The zero-order chi connectivity index (χ0) is 16.3. The highest BCUT2D eigenvalue weighted by atomic mass is 16.5. The number of carbonyl (C=O) groups excluding carboxylic acids is 1. The molecular weight excluding hydrogens is 280 g/mol. The Bertz CT molecular complexity index is 543. The molecule has 1 aromatic rings. The molecule has 122 valence electrons. The van der Waals surface area contributed by atoms with E-state index in [-0.39, 0.29) is 5.91 Å². The van der Waals surface area contributed by atoms with Crippen molar-refractivity contribution in [2.24, 2.45) is 11.7 Å². The third kappa shape index (κ3) is 3.04. The molecule has 22 heavy (non-hydrogen) atoms. The van der Waals surface area contributed by atoms with E-state index in [1.54, 1.807) is 14.2 Å². The smallest absolute Gasteiger partial charge is 0.232 e. The third-order valence-corrected chi connectivity index (χ3v) is 4.55. The Morgan fingerprint density at radius 1 is 1.32 bits per heavy atom. The molecule has 1 unspecified atom stereocenters. The van der Waals surface area contributed by atoms with Crippen molar-refractivity contribution in [3.05, 3.63) is 23.8 Å². The Morgan fingerprint density at radius 2 is 2.00 bits per heavy atom. The topological polar surface area (TPSA) is 64.8 Å². The minimum absolute atomic E-state index is 0.135. The molecule has 5 heteroatoms. The van der Waals surface area contributed by atoms with E-state index in [1.807, 2.05) is 36.9 Å². The van der Waals surface area contributed by atoms with E-state index in [0.717, 1.165) is 25.1 Å². The second kappa shape index (κ2) is 6.57. The number of ether oxygens (including phenoxy) is 2. The molecule has 2 N–H and O–H groups in total. The molecule has 1 fully saturated rings. The Morgan fingerprint density at radius 3 is 2.55 bits per heavy atom. The van der Waals surface area contributed by atoms with Gasteiger partial charge in [-0.25, -0.2) is 0 Å². The molecule has 0 aliphatic carbocycles. The molecule has 1 atom stereocenters. The molecule has 1 saturated heterocycles. The summed E-state index contributed by atoms with van der Waals surface area (Å²) in [6.45, 7) is 6.09. The van der Waals surface area contributed by atoms with Crippen LogP contribution in [0.2, 0.25) is 0 Å². The summed E-state index contributed by atoms with van der Waals surface area (Å²) in [6, 6.07) is 5.65. The molecule has 5 nitrogen and oxygen atoms in total. The minimum atomic E-state index is -0.608. The van der Waals surface area contributed by atoms with Gasteiger partial charge in [-0.1, -0.05) is 6.07 Å². The van der Waals surface area contributed by atoms with E-state index in [9.17, 15) is 4.79 Å². The summed E-state index contributed by atoms with van der Waals surface area (Å²) in [5, 5.41) is 0. The average molecular weight is 306 g/mol. The van der Waals surface area contributed by atoms with Crippen LogP contribution in [0.5, 0.6) is 11.5 Å². The number of hydrogen-bond acceptors (Lipinski definition) is 4. The lowest BCUT2D eigenvalue weighted by molar-refractivity contribution is -0.135. The lowest BCUT2D eigenvalue weighted by Gasteiger charge is -2.30. The zero-order valence-corrected chi connectivity index (χ0v) is 13.9. The van der Waals surface area contributed by atoms with Crippen LogP contribution in [0.3, 0.4) is 0 Å². The molecule has 0 bridgehead atoms. The highest BCUT2D eigenvalue weighted by Gasteiger charge is 2.37. The zero-order valence-electron chi connectivity index (χ0n) is 13.9. The van der Waals surface area contributed by atoms with E-state index in [2.05, 4.69) is 0 Å². The number of nitrogens with two attached hydrogens (primary N) is 1. The molecule has 0 radical (unpaired) electrons. The lowest BCUT2D eigenvalue weighted by atomic mass is 9.83. The molecule has 1 heterocycles. The van der Waals surface area contributed by atoms with Gasteiger partial charge in [-0.05, 0) is 50.4 Å². The molecule has 1 aromatic carbocycles. The maximum absolute atomic E-state index is 12.9. The van der Waals surface area contributed by atoms with E-state index < -0.39 is 5.41 Å². The highest BCUT2D eigenvalue weighted by Crippen LogP contribution is 2.35. The van der Waals surface area contributed by atoms with Crippen LogP contribution >= 0.6 is 0 Å². The first-order valence-corrected chi connectivity index (χ1v) is 7.66. The predicted molar refractivity (Wildman–Crippen MR) is 86.3 cm³/mol. The van der Waals surface area contributed by atoms with Crippen LogP contribution in [0.4, 0.5) is 0 Å². The van der Waals surface area contributed by atoms with Crippen LogP contribution in [0, 0.1) is 5.92 Å². The van der Waals surface area contributed by atoms with E-state index in [4.69, 9.17) is 15.2 Å². The van der Waals surface area contributed by atoms with Crippen LogP contribution in [0.1, 0.15) is 25.8 Å². The van der Waals surface area contributed by atoms with Crippen molar-refractivity contribution >= 4 is 5.91 Å². The number of amides is 1. The van der Waals surface area contributed by atoms with Crippen LogP contribution in [0.15, 0.2) is 18.2 Å². The van der Waals surface area contributed by atoms with Crippen molar-refractivity contribution < 1.29 is 14.3 Å². The van der Waals surface area contributed by atoms with E-state index in [0.29, 0.717) is 24.0 Å². The predicted octanol–water partition coefficient (Wildman–Crippen LogP) is 1.79. The Hall–Kier alpha value is -1.75. The minimum Gasteiger partial charge on any atom is -0.493 e. The number of methoxy groups -OCH3 is 2. The van der Waals surface area contributed by atoms with Crippen LogP contribution in [0.25, 0.3) is 0 Å². The molecular formula is C17H26N2O3. The lowest BCUT2D eigenvalue weighted by Crippen LogP contribution is -2.42. The van der Waals surface area contributed by atoms with Crippen molar-refractivity contribution in [3.8, 4) is 11.5 Å². The number of benzene rings is 1. The Kier molecular flexibility index (Phi) is 4.96. The van der Waals surface area contributed by atoms with Gasteiger partial charge in [-0.2, -0.15) is 0 Å². The van der Waals surface area contributed by atoms with Gasteiger partial charge in [0.25, 0.3) is 0 Å². The number of hydrogen-bond donors (Lipinski definition) is 1. The first kappa shape index (κ1) is 16.6. The first-order chi connectivity index (χ1) is 10.4. The number of nitrogens with zero attached hydrogens (tertiary/aromatic N) is 1.